The van der Waals surface area contributed by atoms with Crippen molar-refractivity contribution in [2.45, 2.75) is 36.7 Å². The van der Waals surface area contributed by atoms with Crippen LogP contribution in [0.3, 0.4) is 0 Å². The van der Waals surface area contributed by atoms with E-state index in [9.17, 15) is 13.2 Å². The summed E-state index contributed by atoms with van der Waals surface area (Å²) in [6.45, 7) is 0.812. The number of nitrogens with two attached hydrogens (primary N) is 1. The Kier molecular flexibility index (Phi) is 6.73. The summed E-state index contributed by atoms with van der Waals surface area (Å²) in [6.07, 6.45) is 2.40. The molecule has 24 heavy (non-hydrogen) atoms. The molecule has 0 saturated heterocycles. The molecule has 0 heterocycles. The summed E-state index contributed by atoms with van der Waals surface area (Å²) >= 11 is 0. The van der Waals surface area contributed by atoms with Crippen LogP contribution in [0.1, 0.15) is 24.8 Å². The van der Waals surface area contributed by atoms with E-state index in [0.29, 0.717) is 19.6 Å². The third kappa shape index (κ3) is 5.27. The lowest BCUT2D eigenvalue weighted by atomic mass is 10.1. The second kappa shape index (κ2) is 8.57. The van der Waals surface area contributed by atoms with Crippen molar-refractivity contribution in [3.63, 3.8) is 0 Å². The standard InChI is InChI=1S/C16H25N3O4S/c1-23-8-7-19-24(21,22)15-4-2-3-12(9-15)11-18-16(20)13-5-6-14(17)10-13/h2-4,9,13-14,19H,5-8,10-11,17H2,1H3,(H,18,20). The Morgan fingerprint density at radius 2 is 2.17 bits per heavy atom. The van der Waals surface area contributed by atoms with Gasteiger partial charge in [0.1, 0.15) is 0 Å². The van der Waals surface area contributed by atoms with Crippen LogP contribution < -0.4 is 15.8 Å². The molecule has 0 aromatic heterocycles. The minimum atomic E-state index is -3.58. The largest absolute Gasteiger partial charge is 0.383 e. The van der Waals surface area contributed by atoms with Crippen LogP contribution in [0.4, 0.5) is 0 Å². The van der Waals surface area contributed by atoms with Crippen molar-refractivity contribution >= 4 is 15.9 Å². The number of nitrogens with one attached hydrogen (secondary N) is 2. The molecule has 1 saturated carbocycles. The molecule has 1 aromatic carbocycles. The molecule has 8 heteroatoms. The van der Waals surface area contributed by atoms with Gasteiger partial charge in [-0.3, -0.25) is 4.79 Å². The van der Waals surface area contributed by atoms with E-state index < -0.39 is 10.0 Å². The summed E-state index contributed by atoms with van der Waals surface area (Å²) < 4.78 is 31.6. The maximum Gasteiger partial charge on any atom is 0.240 e. The van der Waals surface area contributed by atoms with Crippen molar-refractivity contribution in [1.29, 1.82) is 0 Å². The summed E-state index contributed by atoms with van der Waals surface area (Å²) in [5.41, 5.74) is 6.56. The SMILES string of the molecule is COCCNS(=O)(=O)c1cccc(CNC(=O)C2CCC(N)C2)c1. The van der Waals surface area contributed by atoms with Crippen LogP contribution in [0.25, 0.3) is 0 Å². The smallest absolute Gasteiger partial charge is 0.240 e. The first kappa shape index (κ1) is 18.9. The van der Waals surface area contributed by atoms with Crippen molar-refractivity contribution in [2.24, 2.45) is 11.7 Å². The number of hydrogen-bond acceptors (Lipinski definition) is 5. The summed E-state index contributed by atoms with van der Waals surface area (Å²) in [6, 6.07) is 6.64. The highest BCUT2D eigenvalue weighted by atomic mass is 32.2. The normalized spacial score (nSPS) is 20.9. The molecule has 1 fully saturated rings. The molecule has 1 amide bonds. The molecule has 2 unspecified atom stereocenters. The Morgan fingerprint density at radius 1 is 1.38 bits per heavy atom. The predicted octanol–water partition coefficient (Wildman–Crippen LogP) is 0.355. The van der Waals surface area contributed by atoms with Gasteiger partial charge in [-0.2, -0.15) is 0 Å². The van der Waals surface area contributed by atoms with Gasteiger partial charge >= 0.3 is 0 Å². The van der Waals surface area contributed by atoms with Gasteiger partial charge in [-0.15, -0.1) is 0 Å². The summed E-state index contributed by atoms with van der Waals surface area (Å²) in [5, 5.41) is 2.86. The third-order valence-electron chi connectivity index (χ3n) is 4.12. The third-order valence-corrected chi connectivity index (χ3v) is 5.58. The lowest BCUT2D eigenvalue weighted by molar-refractivity contribution is -0.125. The molecule has 0 bridgehead atoms. The fourth-order valence-corrected chi connectivity index (χ4v) is 3.86. The van der Waals surface area contributed by atoms with Crippen LogP contribution in [0.15, 0.2) is 29.2 Å². The van der Waals surface area contributed by atoms with E-state index in [4.69, 9.17) is 10.5 Å². The van der Waals surface area contributed by atoms with E-state index >= 15 is 0 Å². The molecule has 4 N–H and O–H groups in total. The van der Waals surface area contributed by atoms with Gasteiger partial charge in [0, 0.05) is 32.2 Å². The van der Waals surface area contributed by atoms with Gasteiger partial charge in [0.05, 0.1) is 11.5 Å². The van der Waals surface area contributed by atoms with E-state index in [1.165, 1.54) is 13.2 Å². The molecule has 2 atom stereocenters. The van der Waals surface area contributed by atoms with Gasteiger partial charge < -0.3 is 15.8 Å². The topological polar surface area (TPSA) is 111 Å². The number of carbonyl (C=O) groups excluding carboxylic acids is 1. The maximum absolute atomic E-state index is 12.2. The van der Waals surface area contributed by atoms with Crippen LogP contribution in [0.5, 0.6) is 0 Å². The van der Waals surface area contributed by atoms with Crippen molar-refractivity contribution in [1.82, 2.24) is 10.0 Å². The second-order valence-corrected chi connectivity index (χ2v) is 7.79. The molecular weight excluding hydrogens is 330 g/mol. The van der Waals surface area contributed by atoms with E-state index in [2.05, 4.69) is 10.0 Å². The van der Waals surface area contributed by atoms with Gasteiger partial charge in [0.25, 0.3) is 0 Å². The van der Waals surface area contributed by atoms with E-state index in [0.717, 1.165) is 18.4 Å². The molecule has 1 aliphatic carbocycles. The van der Waals surface area contributed by atoms with Crippen LogP contribution in [-0.4, -0.2) is 40.6 Å². The Morgan fingerprint density at radius 3 is 2.83 bits per heavy atom. The Bertz CT molecular complexity index is 663. The zero-order valence-corrected chi connectivity index (χ0v) is 14.6. The molecule has 134 valence electrons. The first-order chi connectivity index (χ1) is 11.4. The van der Waals surface area contributed by atoms with E-state index in [1.54, 1.807) is 18.2 Å². The average molecular weight is 355 g/mol. The molecule has 1 aromatic rings. The number of hydrogen-bond donors (Lipinski definition) is 3. The van der Waals surface area contributed by atoms with Gasteiger partial charge in [-0.25, -0.2) is 13.1 Å². The molecule has 0 aliphatic heterocycles. The van der Waals surface area contributed by atoms with Crippen LogP contribution in [0.2, 0.25) is 0 Å². The van der Waals surface area contributed by atoms with Crippen molar-refractivity contribution in [3.8, 4) is 0 Å². The fourth-order valence-electron chi connectivity index (χ4n) is 2.77. The quantitative estimate of drug-likeness (QED) is 0.583. The summed E-state index contributed by atoms with van der Waals surface area (Å²) in [4.78, 5) is 12.3. The predicted molar refractivity (Wildman–Crippen MR) is 90.7 cm³/mol. The Labute approximate surface area is 143 Å². The summed E-state index contributed by atoms with van der Waals surface area (Å²) in [7, 11) is -2.07. The first-order valence-electron chi connectivity index (χ1n) is 8.03. The van der Waals surface area contributed by atoms with Crippen LogP contribution in [-0.2, 0) is 26.1 Å². The Hall–Kier alpha value is -1.48. The molecular formula is C16H25N3O4S. The maximum atomic E-state index is 12.2. The molecule has 0 radical (unpaired) electrons. The first-order valence-corrected chi connectivity index (χ1v) is 9.51. The number of rotatable bonds is 8. The number of sulfonamides is 1. The minimum absolute atomic E-state index is 0.0190. The number of benzene rings is 1. The highest BCUT2D eigenvalue weighted by Gasteiger charge is 2.27. The van der Waals surface area contributed by atoms with E-state index in [1.807, 2.05) is 0 Å². The van der Waals surface area contributed by atoms with Crippen molar-refractivity contribution < 1.29 is 17.9 Å². The van der Waals surface area contributed by atoms with Crippen LogP contribution in [0, 0.1) is 5.92 Å². The van der Waals surface area contributed by atoms with Crippen molar-refractivity contribution in [2.75, 3.05) is 20.3 Å². The molecule has 7 nitrogen and oxygen atoms in total. The van der Waals surface area contributed by atoms with Crippen molar-refractivity contribution in [3.05, 3.63) is 29.8 Å². The Balaban J connectivity index is 1.94. The van der Waals surface area contributed by atoms with Gasteiger partial charge in [0.2, 0.25) is 15.9 Å². The van der Waals surface area contributed by atoms with Gasteiger partial charge in [-0.1, -0.05) is 12.1 Å². The lowest BCUT2D eigenvalue weighted by Gasteiger charge is -2.12. The fraction of sp³-hybridized carbons (Fsp3) is 0.562. The summed E-state index contributed by atoms with van der Waals surface area (Å²) in [5.74, 6) is -0.0583. The highest BCUT2D eigenvalue weighted by Crippen LogP contribution is 2.24. The molecule has 2 rings (SSSR count). The number of carbonyl (C=O) groups is 1. The zero-order valence-electron chi connectivity index (χ0n) is 13.8. The number of ether oxygens (including phenoxy) is 1. The zero-order chi connectivity index (χ0) is 17.6. The van der Waals surface area contributed by atoms with Gasteiger partial charge in [-0.05, 0) is 37.0 Å². The van der Waals surface area contributed by atoms with E-state index in [-0.39, 0.29) is 29.3 Å². The highest BCUT2D eigenvalue weighted by molar-refractivity contribution is 7.89. The minimum Gasteiger partial charge on any atom is -0.383 e. The monoisotopic (exact) mass is 355 g/mol. The molecule has 0 spiro atoms. The second-order valence-electron chi connectivity index (χ2n) is 6.03. The lowest BCUT2D eigenvalue weighted by Crippen LogP contribution is -2.30. The van der Waals surface area contributed by atoms with Crippen LogP contribution >= 0.6 is 0 Å². The number of amides is 1. The average Bonchev–Trinajstić information content (AvgIpc) is 3.00. The molecule has 1 aliphatic rings. The van der Waals surface area contributed by atoms with Gasteiger partial charge in [0.15, 0.2) is 0 Å². The number of methoxy groups -OCH3 is 1.